The lowest BCUT2D eigenvalue weighted by Crippen LogP contribution is -2.21. The highest BCUT2D eigenvalue weighted by Gasteiger charge is 2.01. The number of nitrogens with zero attached hydrogens (tertiary/aromatic N) is 1. The first kappa shape index (κ1) is 10.2. The molecule has 13 heavy (non-hydrogen) atoms. The molecule has 0 aliphatic rings. The van der Waals surface area contributed by atoms with Crippen LogP contribution in [0.2, 0.25) is 0 Å². The highest BCUT2D eigenvalue weighted by atomic mass is 14.7. The predicted octanol–water partition coefficient (Wildman–Crippen LogP) is 0.820. The van der Waals surface area contributed by atoms with Gasteiger partial charge in [-0.05, 0) is 24.0 Å². The van der Waals surface area contributed by atoms with Crippen LogP contribution < -0.4 is 11.5 Å². The zero-order chi connectivity index (χ0) is 9.68. The molecule has 72 valence electrons. The summed E-state index contributed by atoms with van der Waals surface area (Å²) in [5, 5.41) is 0. The molecule has 0 spiro atoms. The maximum absolute atomic E-state index is 5.84. The summed E-state index contributed by atoms with van der Waals surface area (Å²) in [4.78, 5) is 4.11. The molecule has 0 aliphatic carbocycles. The molecule has 1 heterocycles. The van der Waals surface area contributed by atoms with Crippen LogP contribution in [0, 0.1) is 0 Å². The van der Waals surface area contributed by atoms with Crippen LogP contribution in [0.1, 0.15) is 24.5 Å². The van der Waals surface area contributed by atoms with Gasteiger partial charge in [0.2, 0.25) is 0 Å². The van der Waals surface area contributed by atoms with E-state index in [0.29, 0.717) is 6.54 Å². The van der Waals surface area contributed by atoms with Gasteiger partial charge in [-0.1, -0.05) is 13.0 Å². The molecule has 0 amide bonds. The molecule has 0 radical (unpaired) electrons. The van der Waals surface area contributed by atoms with E-state index in [1.165, 1.54) is 5.56 Å². The Balaban J connectivity index is 2.66. The van der Waals surface area contributed by atoms with Gasteiger partial charge < -0.3 is 11.5 Å². The molecule has 1 unspecified atom stereocenters. The van der Waals surface area contributed by atoms with Gasteiger partial charge in [0.15, 0.2) is 0 Å². The molecule has 0 saturated carbocycles. The van der Waals surface area contributed by atoms with Crippen molar-refractivity contribution in [3.05, 3.63) is 29.6 Å². The van der Waals surface area contributed by atoms with E-state index in [1.807, 2.05) is 6.20 Å². The Labute approximate surface area is 79.2 Å². The van der Waals surface area contributed by atoms with E-state index < -0.39 is 0 Å². The van der Waals surface area contributed by atoms with Crippen molar-refractivity contribution >= 4 is 0 Å². The lowest BCUT2D eigenvalue weighted by atomic mass is 10.1. The first-order valence-electron chi connectivity index (χ1n) is 4.64. The first-order chi connectivity index (χ1) is 6.26. The number of pyridine rings is 1. The molecule has 1 atom stereocenters. The van der Waals surface area contributed by atoms with Gasteiger partial charge in [-0.2, -0.15) is 0 Å². The van der Waals surface area contributed by atoms with E-state index in [1.54, 1.807) is 6.20 Å². The number of hydrogen-bond donors (Lipinski definition) is 2. The van der Waals surface area contributed by atoms with Crippen molar-refractivity contribution in [2.75, 3.05) is 0 Å². The standard InChI is InChI=1S/C10H17N3/c1-2-10(12)4-8-3-9(5-11)7-13-6-8/h3,6-7,10H,2,4-5,11-12H2,1H3. The second-order valence-corrected chi connectivity index (χ2v) is 3.28. The Morgan fingerprint density at radius 1 is 1.38 bits per heavy atom. The Kier molecular flexibility index (Phi) is 3.86. The minimum absolute atomic E-state index is 0.231. The average molecular weight is 179 g/mol. The zero-order valence-electron chi connectivity index (χ0n) is 8.03. The fourth-order valence-corrected chi connectivity index (χ4v) is 1.21. The molecule has 0 aromatic carbocycles. The molecular formula is C10H17N3. The van der Waals surface area contributed by atoms with Crippen LogP contribution >= 0.6 is 0 Å². The summed E-state index contributed by atoms with van der Waals surface area (Å²) in [6.07, 6.45) is 5.53. The predicted molar refractivity (Wildman–Crippen MR) is 54.1 cm³/mol. The van der Waals surface area contributed by atoms with Crippen LogP contribution in [0.25, 0.3) is 0 Å². The molecule has 0 fully saturated rings. The van der Waals surface area contributed by atoms with Crippen LogP contribution in [0.3, 0.4) is 0 Å². The Hall–Kier alpha value is -0.930. The van der Waals surface area contributed by atoms with Gasteiger partial charge in [0.25, 0.3) is 0 Å². The zero-order valence-corrected chi connectivity index (χ0v) is 8.03. The molecule has 0 bridgehead atoms. The van der Waals surface area contributed by atoms with E-state index in [-0.39, 0.29) is 6.04 Å². The minimum atomic E-state index is 0.231. The topological polar surface area (TPSA) is 64.9 Å². The van der Waals surface area contributed by atoms with Crippen LogP contribution in [-0.4, -0.2) is 11.0 Å². The van der Waals surface area contributed by atoms with Crippen molar-refractivity contribution in [1.82, 2.24) is 4.98 Å². The van der Waals surface area contributed by atoms with E-state index in [2.05, 4.69) is 18.0 Å². The molecule has 0 saturated heterocycles. The number of nitrogens with two attached hydrogens (primary N) is 2. The minimum Gasteiger partial charge on any atom is -0.327 e. The first-order valence-corrected chi connectivity index (χ1v) is 4.64. The normalized spacial score (nSPS) is 12.8. The number of aromatic nitrogens is 1. The quantitative estimate of drug-likeness (QED) is 0.719. The molecular weight excluding hydrogens is 162 g/mol. The van der Waals surface area contributed by atoms with Crippen molar-refractivity contribution in [3.63, 3.8) is 0 Å². The number of rotatable bonds is 4. The smallest absolute Gasteiger partial charge is 0.0312 e. The van der Waals surface area contributed by atoms with Gasteiger partial charge in [0.1, 0.15) is 0 Å². The van der Waals surface area contributed by atoms with E-state index >= 15 is 0 Å². The van der Waals surface area contributed by atoms with Crippen LogP contribution in [0.5, 0.6) is 0 Å². The highest BCUT2D eigenvalue weighted by molar-refractivity contribution is 5.18. The van der Waals surface area contributed by atoms with E-state index in [4.69, 9.17) is 11.5 Å². The summed E-state index contributed by atoms with van der Waals surface area (Å²) in [5.41, 5.74) is 13.6. The third-order valence-corrected chi connectivity index (χ3v) is 2.11. The van der Waals surface area contributed by atoms with Crippen molar-refractivity contribution in [1.29, 1.82) is 0 Å². The SMILES string of the molecule is CCC(N)Cc1cncc(CN)c1. The van der Waals surface area contributed by atoms with Gasteiger partial charge in [0, 0.05) is 25.0 Å². The van der Waals surface area contributed by atoms with Crippen LogP contribution in [0.4, 0.5) is 0 Å². The molecule has 1 aromatic rings. The van der Waals surface area contributed by atoms with Crippen molar-refractivity contribution in [2.45, 2.75) is 32.4 Å². The van der Waals surface area contributed by atoms with Crippen molar-refractivity contribution < 1.29 is 0 Å². The summed E-state index contributed by atoms with van der Waals surface area (Å²) in [5.74, 6) is 0. The van der Waals surface area contributed by atoms with E-state index in [9.17, 15) is 0 Å². The lowest BCUT2D eigenvalue weighted by Gasteiger charge is -2.08. The van der Waals surface area contributed by atoms with Gasteiger partial charge >= 0.3 is 0 Å². The Bertz CT molecular complexity index is 260. The molecule has 3 nitrogen and oxygen atoms in total. The third-order valence-electron chi connectivity index (χ3n) is 2.11. The maximum atomic E-state index is 5.84. The molecule has 3 heteroatoms. The van der Waals surface area contributed by atoms with Gasteiger partial charge in [0.05, 0.1) is 0 Å². The summed E-state index contributed by atoms with van der Waals surface area (Å²) >= 11 is 0. The molecule has 1 aromatic heterocycles. The summed E-state index contributed by atoms with van der Waals surface area (Å²) in [7, 11) is 0. The summed E-state index contributed by atoms with van der Waals surface area (Å²) in [6.45, 7) is 2.63. The van der Waals surface area contributed by atoms with Gasteiger partial charge in [-0.15, -0.1) is 0 Å². The third kappa shape index (κ3) is 3.13. The largest absolute Gasteiger partial charge is 0.327 e. The Morgan fingerprint density at radius 3 is 2.69 bits per heavy atom. The van der Waals surface area contributed by atoms with Crippen LogP contribution in [0.15, 0.2) is 18.5 Å². The van der Waals surface area contributed by atoms with Crippen LogP contribution in [-0.2, 0) is 13.0 Å². The van der Waals surface area contributed by atoms with Crippen molar-refractivity contribution in [2.24, 2.45) is 11.5 Å². The Morgan fingerprint density at radius 2 is 2.08 bits per heavy atom. The fraction of sp³-hybridized carbons (Fsp3) is 0.500. The molecule has 0 aliphatic heterocycles. The lowest BCUT2D eigenvalue weighted by molar-refractivity contribution is 0.644. The molecule has 4 N–H and O–H groups in total. The summed E-state index contributed by atoms with van der Waals surface area (Å²) < 4.78 is 0. The molecule has 1 rings (SSSR count). The second-order valence-electron chi connectivity index (χ2n) is 3.28. The van der Waals surface area contributed by atoms with Crippen molar-refractivity contribution in [3.8, 4) is 0 Å². The van der Waals surface area contributed by atoms with Gasteiger partial charge in [-0.3, -0.25) is 4.98 Å². The second kappa shape index (κ2) is 4.94. The maximum Gasteiger partial charge on any atom is 0.0312 e. The summed E-state index contributed by atoms with van der Waals surface area (Å²) in [6, 6.07) is 2.30. The fourth-order valence-electron chi connectivity index (χ4n) is 1.21. The average Bonchev–Trinajstić information content (AvgIpc) is 2.18. The highest BCUT2D eigenvalue weighted by Crippen LogP contribution is 2.05. The number of hydrogen-bond acceptors (Lipinski definition) is 3. The van der Waals surface area contributed by atoms with Gasteiger partial charge in [-0.25, -0.2) is 0 Å². The van der Waals surface area contributed by atoms with E-state index in [0.717, 1.165) is 18.4 Å². The monoisotopic (exact) mass is 179 g/mol.